The van der Waals surface area contributed by atoms with E-state index >= 15 is 0 Å². The first-order valence-corrected chi connectivity index (χ1v) is 2.35. The van der Waals surface area contributed by atoms with Crippen molar-refractivity contribution >= 4 is 15.9 Å². The number of halogens is 1. The zero-order valence-corrected chi connectivity index (χ0v) is 4.58. The van der Waals surface area contributed by atoms with E-state index in [0.29, 0.717) is 0 Å². The van der Waals surface area contributed by atoms with E-state index in [2.05, 4.69) is 32.5 Å². The summed E-state index contributed by atoms with van der Waals surface area (Å²) in [7, 11) is 0. The Morgan fingerprint density at radius 3 is 3.00 bits per heavy atom. The molecule has 1 aliphatic heterocycles. The third-order valence-corrected chi connectivity index (χ3v) is 0.904. The van der Waals surface area contributed by atoms with E-state index in [1.165, 1.54) is 0 Å². The van der Waals surface area contributed by atoms with Gasteiger partial charge in [-0.3, -0.25) is 0 Å². The molecule has 0 saturated carbocycles. The summed E-state index contributed by atoms with van der Waals surface area (Å²) in [6.45, 7) is 0.736. The van der Waals surface area contributed by atoms with Gasteiger partial charge in [-0.15, -0.1) is 0 Å². The van der Waals surface area contributed by atoms with Crippen molar-refractivity contribution in [2.75, 3.05) is 6.54 Å². The highest BCUT2D eigenvalue weighted by molar-refractivity contribution is 9.11. The summed E-state index contributed by atoms with van der Waals surface area (Å²) in [5, 5.41) is 0. The highest BCUT2D eigenvalue weighted by Crippen LogP contribution is 2.04. The number of hydroxylamine groups is 1. The molecule has 0 spiro atoms. The zero-order chi connectivity index (χ0) is 4.41. The summed E-state index contributed by atoms with van der Waals surface area (Å²) in [5.74, 6) is 0. The first-order chi connectivity index (χ1) is 2.89. The van der Waals surface area contributed by atoms with Crippen LogP contribution >= 0.6 is 15.9 Å². The molecule has 3 heteroatoms. The van der Waals surface area contributed by atoms with Crippen LogP contribution in [0.5, 0.6) is 0 Å². The predicted molar refractivity (Wildman–Crippen MR) is 24.8 cm³/mol. The first-order valence-electron chi connectivity index (χ1n) is 1.55. The summed E-state index contributed by atoms with van der Waals surface area (Å²) in [5.41, 5.74) is 2.58. The Morgan fingerprint density at radius 1 is 2.00 bits per heavy atom. The summed E-state index contributed by atoms with van der Waals surface area (Å²) in [6.07, 6.45) is 2.54. The monoisotopic (exact) mass is 148 g/mol. The topological polar surface area (TPSA) is 21.3 Å². The average molecular weight is 149 g/mol. The normalized spacial score (nSPS) is 19.8. The lowest BCUT2D eigenvalue weighted by atomic mass is 10.7. The molecule has 0 fully saturated rings. The lowest BCUT2D eigenvalue weighted by Gasteiger charge is -1.82. The largest absolute Gasteiger partial charge is 0.403 e. The molecule has 1 heterocycles. The minimum atomic E-state index is 0.736. The maximum absolute atomic E-state index is 4.47. The van der Waals surface area contributed by atoms with Gasteiger partial charge in [0, 0.05) is 0 Å². The molecule has 0 aromatic carbocycles. The van der Waals surface area contributed by atoms with Gasteiger partial charge in [0.1, 0.15) is 0 Å². The number of rotatable bonds is 0. The average Bonchev–Trinajstić information content (AvgIpc) is 1.86. The second-order valence-electron chi connectivity index (χ2n) is 0.930. The van der Waals surface area contributed by atoms with Crippen LogP contribution in [-0.4, -0.2) is 6.54 Å². The summed E-state index contributed by atoms with van der Waals surface area (Å²) >= 11 is 3.16. The van der Waals surface area contributed by atoms with Gasteiger partial charge in [-0.05, 0) is 15.9 Å². The fraction of sp³-hybridized carbons (Fsp3) is 0.333. The standard InChI is InChI=1S/C3H3BrNO/c4-3-1-5-6-2-3/h5H,1H2. The lowest BCUT2D eigenvalue weighted by Crippen LogP contribution is -2.03. The molecule has 0 unspecified atom stereocenters. The van der Waals surface area contributed by atoms with E-state index in [1.54, 1.807) is 0 Å². The summed E-state index contributed by atoms with van der Waals surface area (Å²) < 4.78 is 0.933. The maximum Gasteiger partial charge on any atom is 0.203 e. The third-order valence-electron chi connectivity index (χ3n) is 0.461. The predicted octanol–water partition coefficient (Wildman–Crippen LogP) is 0.561. The van der Waals surface area contributed by atoms with E-state index in [1.807, 2.05) is 0 Å². The van der Waals surface area contributed by atoms with Gasteiger partial charge in [0.05, 0.1) is 11.0 Å². The number of nitrogens with one attached hydrogen (secondary N) is 1. The molecule has 1 radical (unpaired) electrons. The Hall–Kier alpha value is -0.0200. The molecular weight excluding hydrogens is 146 g/mol. The van der Waals surface area contributed by atoms with Gasteiger partial charge in [0.25, 0.3) is 0 Å². The molecular formula is C3H3BrNO. The molecule has 0 bridgehead atoms. The van der Waals surface area contributed by atoms with Crippen LogP contribution in [0.2, 0.25) is 0 Å². The van der Waals surface area contributed by atoms with E-state index < -0.39 is 0 Å². The smallest absolute Gasteiger partial charge is 0.203 e. The zero-order valence-electron chi connectivity index (χ0n) is 2.99. The van der Waals surface area contributed by atoms with Gasteiger partial charge in [-0.2, -0.15) is 5.48 Å². The van der Waals surface area contributed by atoms with Gasteiger partial charge in [-0.25, -0.2) is 0 Å². The van der Waals surface area contributed by atoms with Crippen molar-refractivity contribution in [1.82, 2.24) is 5.48 Å². The molecule has 1 rings (SSSR count). The quantitative estimate of drug-likeness (QED) is 0.543. The van der Waals surface area contributed by atoms with Gasteiger partial charge in [-0.1, -0.05) is 0 Å². The first kappa shape index (κ1) is 4.15. The van der Waals surface area contributed by atoms with E-state index in [9.17, 15) is 0 Å². The fourth-order valence-electron chi connectivity index (χ4n) is 0.227. The highest BCUT2D eigenvalue weighted by Gasteiger charge is 1.98. The van der Waals surface area contributed by atoms with Crippen molar-refractivity contribution in [3.63, 3.8) is 0 Å². The highest BCUT2D eigenvalue weighted by atomic mass is 79.9. The Bertz CT molecular complexity index is 80.9. The Morgan fingerprint density at radius 2 is 2.83 bits per heavy atom. The van der Waals surface area contributed by atoms with Crippen molar-refractivity contribution in [1.29, 1.82) is 0 Å². The second kappa shape index (κ2) is 1.62. The molecule has 2 nitrogen and oxygen atoms in total. The molecule has 0 atom stereocenters. The van der Waals surface area contributed by atoms with Crippen LogP contribution in [0.4, 0.5) is 0 Å². The Kier molecular flexibility index (Phi) is 1.12. The maximum atomic E-state index is 4.47. The molecule has 0 aromatic rings. The molecule has 33 valence electrons. The van der Waals surface area contributed by atoms with Crippen molar-refractivity contribution in [2.24, 2.45) is 0 Å². The van der Waals surface area contributed by atoms with E-state index in [-0.39, 0.29) is 0 Å². The van der Waals surface area contributed by atoms with Crippen molar-refractivity contribution in [2.45, 2.75) is 0 Å². The number of hydrogen-bond acceptors (Lipinski definition) is 2. The lowest BCUT2D eigenvalue weighted by molar-refractivity contribution is 0.151. The van der Waals surface area contributed by atoms with Crippen molar-refractivity contribution in [3.8, 4) is 0 Å². The van der Waals surface area contributed by atoms with Crippen molar-refractivity contribution < 1.29 is 4.84 Å². The van der Waals surface area contributed by atoms with Crippen LogP contribution in [0.25, 0.3) is 0 Å². The minimum Gasteiger partial charge on any atom is -0.403 e. The van der Waals surface area contributed by atoms with Crippen LogP contribution in [-0.2, 0) is 4.84 Å². The summed E-state index contributed by atoms with van der Waals surface area (Å²) in [4.78, 5) is 4.47. The molecule has 1 aliphatic rings. The van der Waals surface area contributed by atoms with Gasteiger partial charge < -0.3 is 4.84 Å². The van der Waals surface area contributed by atoms with Crippen LogP contribution in [0.1, 0.15) is 0 Å². The van der Waals surface area contributed by atoms with Crippen molar-refractivity contribution in [3.05, 3.63) is 10.7 Å². The number of hydrogen-bond donors (Lipinski definition) is 1. The fourth-order valence-corrected chi connectivity index (χ4v) is 0.422. The molecule has 0 aliphatic carbocycles. The molecule has 0 saturated heterocycles. The van der Waals surface area contributed by atoms with Crippen LogP contribution < -0.4 is 5.48 Å². The SMILES string of the molecule is BrC1=[C]ONC1. The van der Waals surface area contributed by atoms with E-state index in [4.69, 9.17) is 0 Å². The second-order valence-corrected chi connectivity index (χ2v) is 1.89. The van der Waals surface area contributed by atoms with Gasteiger partial charge in [0.2, 0.25) is 6.26 Å². The molecule has 0 amide bonds. The van der Waals surface area contributed by atoms with Gasteiger partial charge in [0.15, 0.2) is 0 Å². The summed E-state index contributed by atoms with van der Waals surface area (Å²) in [6, 6.07) is 0. The molecule has 0 aromatic heterocycles. The Balaban J connectivity index is 2.45. The van der Waals surface area contributed by atoms with Crippen LogP contribution in [0.15, 0.2) is 4.48 Å². The van der Waals surface area contributed by atoms with Gasteiger partial charge >= 0.3 is 0 Å². The van der Waals surface area contributed by atoms with Crippen LogP contribution in [0, 0.1) is 6.26 Å². The molecule has 6 heavy (non-hydrogen) atoms. The van der Waals surface area contributed by atoms with E-state index in [0.717, 1.165) is 11.0 Å². The molecule has 1 N–H and O–H groups in total. The third kappa shape index (κ3) is 0.725. The minimum absolute atomic E-state index is 0.736. The van der Waals surface area contributed by atoms with Crippen LogP contribution in [0.3, 0.4) is 0 Å². The Labute approximate surface area is 44.3 Å².